The van der Waals surface area contributed by atoms with E-state index in [4.69, 9.17) is 11.6 Å². The summed E-state index contributed by atoms with van der Waals surface area (Å²) in [4.78, 5) is 17.6. The fourth-order valence-corrected chi connectivity index (χ4v) is 7.74. The van der Waals surface area contributed by atoms with Crippen molar-refractivity contribution in [2.45, 2.75) is 43.9 Å². The summed E-state index contributed by atoms with van der Waals surface area (Å²) < 4.78 is 0. The molecule has 0 radical (unpaired) electrons. The minimum Gasteiger partial charge on any atom is -0.507 e. The highest BCUT2D eigenvalue weighted by molar-refractivity contribution is 8.18. The highest BCUT2D eigenvalue weighted by Crippen LogP contribution is 2.61. The van der Waals surface area contributed by atoms with E-state index in [1.807, 2.05) is 18.2 Å². The van der Waals surface area contributed by atoms with Crippen molar-refractivity contribution in [2.24, 2.45) is 22.7 Å². The summed E-state index contributed by atoms with van der Waals surface area (Å²) >= 11 is 7.47. The molecule has 4 bridgehead atoms. The topological polar surface area (TPSA) is 61.7 Å². The second-order valence-electron chi connectivity index (χ2n) is 9.90. The first-order valence-electron chi connectivity index (χ1n) is 11.3. The van der Waals surface area contributed by atoms with Gasteiger partial charge in [-0.15, -0.1) is 0 Å². The van der Waals surface area contributed by atoms with Crippen LogP contribution in [0.3, 0.4) is 0 Å². The number of carbonyl (C=O) groups excluding carboxylic acids is 1. The fourth-order valence-electron chi connectivity index (χ4n) is 6.74. The Kier molecular flexibility index (Phi) is 4.88. The summed E-state index contributed by atoms with van der Waals surface area (Å²) in [6.45, 7) is 0. The Balaban J connectivity index is 1.30. The molecule has 0 unspecified atom stereocenters. The largest absolute Gasteiger partial charge is 0.507 e. The highest BCUT2D eigenvalue weighted by Gasteiger charge is 2.51. The normalized spacial score (nSPS) is 33.3. The molecule has 5 fully saturated rings. The van der Waals surface area contributed by atoms with Gasteiger partial charge in [-0.25, -0.2) is 4.99 Å². The summed E-state index contributed by atoms with van der Waals surface area (Å²) in [6.07, 6.45) is 9.79. The van der Waals surface area contributed by atoms with Crippen LogP contribution < -0.4 is 5.32 Å². The fraction of sp³-hybridized carbons (Fsp3) is 0.385. The van der Waals surface area contributed by atoms with Crippen LogP contribution in [0.4, 0.5) is 5.69 Å². The first kappa shape index (κ1) is 20.4. The molecule has 6 heteroatoms. The molecule has 0 atom stereocenters. The zero-order valence-corrected chi connectivity index (χ0v) is 19.3. The van der Waals surface area contributed by atoms with Crippen molar-refractivity contribution in [3.8, 4) is 5.75 Å². The Bertz CT molecular complexity index is 1140. The van der Waals surface area contributed by atoms with E-state index in [2.05, 4.69) is 22.4 Å². The van der Waals surface area contributed by atoms with Gasteiger partial charge in [-0.3, -0.25) is 4.79 Å². The minimum absolute atomic E-state index is 0.205. The number of phenols is 1. The van der Waals surface area contributed by atoms with Crippen molar-refractivity contribution in [3.63, 3.8) is 0 Å². The molecule has 7 rings (SSSR count). The van der Waals surface area contributed by atoms with Crippen molar-refractivity contribution in [3.05, 3.63) is 63.5 Å². The Morgan fingerprint density at radius 3 is 2.44 bits per heavy atom. The first-order valence-corrected chi connectivity index (χ1v) is 12.5. The third-order valence-electron chi connectivity index (χ3n) is 7.69. The molecule has 2 aromatic carbocycles. The average Bonchev–Trinajstić information content (AvgIpc) is 3.09. The van der Waals surface area contributed by atoms with Crippen LogP contribution >= 0.6 is 23.4 Å². The average molecular weight is 465 g/mol. The van der Waals surface area contributed by atoms with Crippen molar-refractivity contribution in [2.75, 3.05) is 0 Å². The van der Waals surface area contributed by atoms with E-state index in [0.717, 1.165) is 17.8 Å². The van der Waals surface area contributed by atoms with E-state index >= 15 is 0 Å². The number of aromatic hydroxyl groups is 1. The number of phenolic OH excluding ortho intramolecular Hbond substituents is 1. The molecule has 164 valence electrons. The number of hydrogen-bond acceptors (Lipinski definition) is 4. The molecule has 4 nitrogen and oxygen atoms in total. The molecule has 1 saturated heterocycles. The Hall–Kier alpha value is -2.24. The predicted molar refractivity (Wildman–Crippen MR) is 130 cm³/mol. The highest BCUT2D eigenvalue weighted by atomic mass is 35.5. The van der Waals surface area contributed by atoms with E-state index in [-0.39, 0.29) is 17.1 Å². The van der Waals surface area contributed by atoms with Gasteiger partial charge in [-0.05, 0) is 109 Å². The molecule has 5 aliphatic rings. The maximum atomic E-state index is 12.6. The number of halogens is 1. The number of nitrogens with zero attached hydrogens (tertiary/aromatic N) is 1. The van der Waals surface area contributed by atoms with Crippen LogP contribution in [0.5, 0.6) is 5.75 Å². The number of para-hydroxylation sites is 1. The molecule has 1 heterocycles. The molecule has 1 amide bonds. The van der Waals surface area contributed by atoms with Gasteiger partial charge in [0.05, 0.1) is 15.6 Å². The van der Waals surface area contributed by atoms with Gasteiger partial charge in [0.2, 0.25) is 0 Å². The second-order valence-corrected chi connectivity index (χ2v) is 11.3. The molecule has 1 aliphatic heterocycles. The maximum absolute atomic E-state index is 12.6. The Morgan fingerprint density at radius 2 is 1.75 bits per heavy atom. The minimum atomic E-state index is -0.208. The number of aliphatic imine (C=N–C) groups is 1. The van der Waals surface area contributed by atoms with Gasteiger partial charge < -0.3 is 10.4 Å². The summed E-state index contributed by atoms with van der Waals surface area (Å²) in [5.41, 5.74) is 2.90. The van der Waals surface area contributed by atoms with Crippen molar-refractivity contribution in [1.82, 2.24) is 5.32 Å². The van der Waals surface area contributed by atoms with Gasteiger partial charge in [-0.1, -0.05) is 29.8 Å². The standard InChI is InChI=1S/C26H25ClN2O2S/c27-20-3-1-2-4-21(20)28-25-29-24(31)23(32-25)11-18-10-19(5-6-22(18)30)26-12-15-7-16(13-26)9-17(8-15)14-26/h1-6,10-11,15-17,30H,7-9,12-14H2,(H,28,29,31)/b23-11+. The summed E-state index contributed by atoms with van der Waals surface area (Å²) in [7, 11) is 0. The van der Waals surface area contributed by atoms with Gasteiger partial charge in [0, 0.05) is 5.56 Å². The van der Waals surface area contributed by atoms with E-state index in [0.29, 0.717) is 26.3 Å². The number of nitrogens with one attached hydrogen (secondary N) is 1. The predicted octanol–water partition coefficient (Wildman–Crippen LogP) is 6.41. The van der Waals surface area contributed by atoms with Crippen LogP contribution in [-0.4, -0.2) is 16.2 Å². The van der Waals surface area contributed by atoms with E-state index in [1.54, 1.807) is 18.2 Å². The molecule has 0 spiro atoms. The third kappa shape index (κ3) is 3.56. The van der Waals surface area contributed by atoms with E-state index in [1.165, 1.54) is 55.9 Å². The first-order chi connectivity index (χ1) is 15.5. The monoisotopic (exact) mass is 464 g/mol. The zero-order valence-electron chi connectivity index (χ0n) is 17.7. The summed E-state index contributed by atoms with van der Waals surface area (Å²) in [5, 5.41) is 14.4. The van der Waals surface area contributed by atoms with Crippen LogP contribution in [-0.2, 0) is 10.2 Å². The molecule has 2 aromatic rings. The van der Waals surface area contributed by atoms with Gasteiger partial charge in [0.25, 0.3) is 5.91 Å². The van der Waals surface area contributed by atoms with Crippen molar-refractivity contribution >= 4 is 46.2 Å². The number of benzene rings is 2. The van der Waals surface area contributed by atoms with Gasteiger partial charge in [0.15, 0.2) is 5.17 Å². The van der Waals surface area contributed by atoms with Crippen molar-refractivity contribution < 1.29 is 9.90 Å². The van der Waals surface area contributed by atoms with Crippen LogP contribution in [0.2, 0.25) is 5.02 Å². The van der Waals surface area contributed by atoms with Crippen LogP contribution in [0.1, 0.15) is 49.7 Å². The van der Waals surface area contributed by atoms with Crippen molar-refractivity contribution in [1.29, 1.82) is 0 Å². The summed E-state index contributed by atoms with van der Waals surface area (Å²) in [5.74, 6) is 2.57. The molecule has 4 saturated carbocycles. The molecule has 2 N–H and O–H groups in total. The molecule has 32 heavy (non-hydrogen) atoms. The quantitative estimate of drug-likeness (QED) is 0.516. The van der Waals surface area contributed by atoms with Gasteiger partial charge >= 0.3 is 0 Å². The van der Waals surface area contributed by atoms with Crippen LogP contribution in [0.15, 0.2) is 52.4 Å². The Labute approximate surface area is 197 Å². The van der Waals surface area contributed by atoms with Crippen LogP contribution in [0.25, 0.3) is 6.08 Å². The number of rotatable bonds is 3. The smallest absolute Gasteiger partial charge is 0.264 e. The lowest BCUT2D eigenvalue weighted by atomic mass is 9.48. The van der Waals surface area contributed by atoms with Gasteiger partial charge in [-0.2, -0.15) is 0 Å². The van der Waals surface area contributed by atoms with E-state index in [9.17, 15) is 9.90 Å². The van der Waals surface area contributed by atoms with E-state index < -0.39 is 0 Å². The number of hydrogen-bond donors (Lipinski definition) is 2. The Morgan fingerprint density at radius 1 is 1.06 bits per heavy atom. The molecular formula is C26H25ClN2O2S. The molecular weight excluding hydrogens is 440 g/mol. The lowest BCUT2D eigenvalue weighted by Crippen LogP contribution is -2.48. The van der Waals surface area contributed by atoms with Gasteiger partial charge in [0.1, 0.15) is 5.75 Å². The molecule has 0 aromatic heterocycles. The number of carbonyl (C=O) groups is 1. The van der Waals surface area contributed by atoms with Crippen LogP contribution in [0, 0.1) is 17.8 Å². The number of amides is 1. The third-order valence-corrected chi connectivity index (χ3v) is 8.92. The lowest BCUT2D eigenvalue weighted by Gasteiger charge is -2.57. The second kappa shape index (κ2) is 7.67. The summed E-state index contributed by atoms with van der Waals surface area (Å²) in [6, 6.07) is 13.3. The SMILES string of the molecule is O=C1NC(=Nc2ccccc2Cl)S/C1=C/c1cc(C23CC4CC(CC(C4)C2)C3)ccc1O. The zero-order chi connectivity index (χ0) is 21.9. The lowest BCUT2D eigenvalue weighted by molar-refractivity contribution is -0.115. The molecule has 4 aliphatic carbocycles. The number of thioether (sulfide) groups is 1. The number of amidine groups is 1. The maximum Gasteiger partial charge on any atom is 0.264 e.